The average molecular weight is 271 g/mol. The first-order chi connectivity index (χ1) is 7.97. The van der Waals surface area contributed by atoms with Crippen molar-refractivity contribution < 1.29 is 4.43 Å². The van der Waals surface area contributed by atoms with Crippen LogP contribution in [-0.2, 0) is 4.43 Å². The van der Waals surface area contributed by atoms with Crippen LogP contribution in [0, 0.1) is 11.8 Å². The molecular formula is C16H34OSi. The lowest BCUT2D eigenvalue weighted by molar-refractivity contribution is 0.185. The summed E-state index contributed by atoms with van der Waals surface area (Å²) < 4.78 is 6.36. The number of rotatable bonds is 7. The Morgan fingerprint density at radius 2 is 1.72 bits per heavy atom. The van der Waals surface area contributed by atoms with Crippen LogP contribution in [0.15, 0.2) is 12.2 Å². The molecule has 1 atom stereocenters. The van der Waals surface area contributed by atoms with Gasteiger partial charge >= 0.3 is 0 Å². The lowest BCUT2D eigenvalue weighted by atomic mass is 9.91. The molecule has 0 fully saturated rings. The van der Waals surface area contributed by atoms with Crippen molar-refractivity contribution in [2.24, 2.45) is 11.8 Å². The average Bonchev–Trinajstić information content (AvgIpc) is 2.14. The van der Waals surface area contributed by atoms with E-state index < -0.39 is 8.32 Å². The van der Waals surface area contributed by atoms with Crippen LogP contribution in [0.5, 0.6) is 0 Å². The standard InChI is InChI=1S/C16H34OSi/c1-13(2)10-11-15(14(3)4)12-17-18(8,9)16(5,6)7/h14-15H,1,10-12H2,2-9H3/t15-/m1/s1. The van der Waals surface area contributed by atoms with Gasteiger partial charge in [-0.3, -0.25) is 0 Å². The van der Waals surface area contributed by atoms with Crippen molar-refractivity contribution in [3.63, 3.8) is 0 Å². The van der Waals surface area contributed by atoms with Gasteiger partial charge in [0.1, 0.15) is 0 Å². The van der Waals surface area contributed by atoms with Crippen LogP contribution < -0.4 is 0 Å². The molecule has 0 saturated carbocycles. The fourth-order valence-electron chi connectivity index (χ4n) is 1.57. The lowest BCUT2D eigenvalue weighted by Gasteiger charge is -2.38. The maximum absolute atomic E-state index is 6.36. The van der Waals surface area contributed by atoms with Crippen molar-refractivity contribution in [2.45, 2.75) is 72.5 Å². The molecular weight excluding hydrogens is 236 g/mol. The Labute approximate surface area is 116 Å². The predicted octanol–water partition coefficient (Wildman–Crippen LogP) is 5.64. The molecule has 108 valence electrons. The molecule has 0 saturated heterocycles. The molecule has 0 aromatic carbocycles. The summed E-state index contributed by atoms with van der Waals surface area (Å²) in [6.45, 7) is 23.2. The fraction of sp³-hybridized carbons (Fsp3) is 0.875. The van der Waals surface area contributed by atoms with Crippen LogP contribution in [0.2, 0.25) is 18.1 Å². The predicted molar refractivity (Wildman–Crippen MR) is 85.5 cm³/mol. The van der Waals surface area contributed by atoms with Crippen molar-refractivity contribution in [3.8, 4) is 0 Å². The van der Waals surface area contributed by atoms with Gasteiger partial charge in [-0.15, -0.1) is 6.58 Å². The van der Waals surface area contributed by atoms with Crippen LogP contribution in [0.3, 0.4) is 0 Å². The Morgan fingerprint density at radius 1 is 1.22 bits per heavy atom. The maximum atomic E-state index is 6.36. The van der Waals surface area contributed by atoms with Gasteiger partial charge in [-0.25, -0.2) is 0 Å². The number of hydrogen-bond donors (Lipinski definition) is 0. The van der Waals surface area contributed by atoms with Gasteiger partial charge in [0, 0.05) is 6.61 Å². The normalized spacial score (nSPS) is 14.9. The van der Waals surface area contributed by atoms with Crippen LogP contribution in [0.1, 0.15) is 54.4 Å². The van der Waals surface area contributed by atoms with Gasteiger partial charge in [0.2, 0.25) is 0 Å². The maximum Gasteiger partial charge on any atom is 0.191 e. The second-order valence-corrected chi connectivity index (χ2v) is 12.4. The highest BCUT2D eigenvalue weighted by Gasteiger charge is 2.37. The van der Waals surface area contributed by atoms with Gasteiger partial charge < -0.3 is 4.43 Å². The monoisotopic (exact) mass is 270 g/mol. The van der Waals surface area contributed by atoms with E-state index in [0.717, 1.165) is 13.0 Å². The van der Waals surface area contributed by atoms with E-state index >= 15 is 0 Å². The van der Waals surface area contributed by atoms with Gasteiger partial charge in [0.15, 0.2) is 8.32 Å². The molecule has 0 aliphatic carbocycles. The molecule has 18 heavy (non-hydrogen) atoms. The third-order valence-corrected chi connectivity index (χ3v) is 8.85. The van der Waals surface area contributed by atoms with Crippen molar-refractivity contribution in [2.75, 3.05) is 6.61 Å². The molecule has 0 aromatic heterocycles. The molecule has 0 bridgehead atoms. The van der Waals surface area contributed by atoms with E-state index in [0.29, 0.717) is 16.9 Å². The van der Waals surface area contributed by atoms with E-state index in [2.05, 4.69) is 61.2 Å². The van der Waals surface area contributed by atoms with E-state index in [1.54, 1.807) is 0 Å². The quantitative estimate of drug-likeness (QED) is 0.430. The van der Waals surface area contributed by atoms with Gasteiger partial charge in [-0.1, -0.05) is 40.2 Å². The number of allylic oxidation sites excluding steroid dienone is 1. The van der Waals surface area contributed by atoms with E-state index in [9.17, 15) is 0 Å². The fourth-order valence-corrected chi connectivity index (χ4v) is 2.64. The van der Waals surface area contributed by atoms with Crippen molar-refractivity contribution in [1.29, 1.82) is 0 Å². The molecule has 0 aliphatic heterocycles. The van der Waals surface area contributed by atoms with Crippen molar-refractivity contribution >= 4 is 8.32 Å². The summed E-state index contributed by atoms with van der Waals surface area (Å²) in [7, 11) is -1.59. The highest BCUT2D eigenvalue weighted by molar-refractivity contribution is 6.74. The Bertz CT molecular complexity index is 261. The smallest absolute Gasteiger partial charge is 0.191 e. The Hall–Kier alpha value is -0.0831. The molecule has 0 spiro atoms. The first-order valence-corrected chi connectivity index (χ1v) is 10.2. The second-order valence-electron chi connectivity index (χ2n) is 7.57. The van der Waals surface area contributed by atoms with E-state index in [4.69, 9.17) is 4.43 Å². The van der Waals surface area contributed by atoms with E-state index in [-0.39, 0.29) is 0 Å². The van der Waals surface area contributed by atoms with Gasteiger partial charge in [0.25, 0.3) is 0 Å². The van der Waals surface area contributed by atoms with Crippen molar-refractivity contribution in [3.05, 3.63) is 12.2 Å². The molecule has 0 rings (SSSR count). The summed E-state index contributed by atoms with van der Waals surface area (Å²) in [5.74, 6) is 1.35. The first-order valence-electron chi connectivity index (χ1n) is 7.25. The summed E-state index contributed by atoms with van der Waals surface area (Å²) in [6, 6.07) is 0. The molecule has 0 heterocycles. The van der Waals surface area contributed by atoms with Crippen LogP contribution >= 0.6 is 0 Å². The Kier molecular flexibility index (Phi) is 6.87. The van der Waals surface area contributed by atoms with E-state index in [1.165, 1.54) is 12.0 Å². The van der Waals surface area contributed by atoms with Gasteiger partial charge in [-0.2, -0.15) is 0 Å². The highest BCUT2D eigenvalue weighted by Crippen LogP contribution is 2.37. The minimum atomic E-state index is -1.59. The molecule has 0 amide bonds. The largest absolute Gasteiger partial charge is 0.417 e. The molecule has 1 nitrogen and oxygen atoms in total. The lowest BCUT2D eigenvalue weighted by Crippen LogP contribution is -2.42. The molecule has 0 aliphatic rings. The summed E-state index contributed by atoms with van der Waals surface area (Å²) in [4.78, 5) is 0. The molecule has 0 N–H and O–H groups in total. The molecule has 0 unspecified atom stereocenters. The molecule has 2 heteroatoms. The minimum Gasteiger partial charge on any atom is -0.417 e. The third kappa shape index (κ3) is 6.19. The van der Waals surface area contributed by atoms with E-state index in [1.807, 2.05) is 0 Å². The zero-order valence-electron chi connectivity index (χ0n) is 13.9. The summed E-state index contributed by atoms with van der Waals surface area (Å²) >= 11 is 0. The van der Waals surface area contributed by atoms with Gasteiger partial charge in [0.05, 0.1) is 0 Å². The Balaban J connectivity index is 4.40. The van der Waals surface area contributed by atoms with Crippen LogP contribution in [-0.4, -0.2) is 14.9 Å². The number of hydrogen-bond acceptors (Lipinski definition) is 1. The zero-order chi connectivity index (χ0) is 14.6. The Morgan fingerprint density at radius 3 is 2.06 bits per heavy atom. The van der Waals surface area contributed by atoms with Crippen LogP contribution in [0.25, 0.3) is 0 Å². The third-order valence-electron chi connectivity index (χ3n) is 4.35. The summed E-state index contributed by atoms with van der Waals surface area (Å²) in [6.07, 6.45) is 2.34. The SMILES string of the molecule is C=C(C)CC[C@H](CO[Si](C)(C)C(C)(C)C)C(C)C. The van der Waals surface area contributed by atoms with Crippen LogP contribution in [0.4, 0.5) is 0 Å². The van der Waals surface area contributed by atoms with Gasteiger partial charge in [-0.05, 0) is 49.7 Å². The molecule has 0 radical (unpaired) electrons. The highest BCUT2D eigenvalue weighted by atomic mass is 28.4. The van der Waals surface area contributed by atoms with Crippen molar-refractivity contribution in [1.82, 2.24) is 0 Å². The summed E-state index contributed by atoms with van der Waals surface area (Å²) in [5, 5.41) is 0.308. The topological polar surface area (TPSA) is 9.23 Å². The minimum absolute atomic E-state index is 0.308. The second kappa shape index (κ2) is 6.90. The first kappa shape index (κ1) is 17.9. The molecule has 0 aromatic rings. The zero-order valence-corrected chi connectivity index (χ0v) is 14.9. The summed E-state index contributed by atoms with van der Waals surface area (Å²) in [5.41, 5.74) is 1.29.